The topological polar surface area (TPSA) is 59.5 Å². The van der Waals surface area contributed by atoms with Gasteiger partial charge >= 0.3 is 0 Å². The van der Waals surface area contributed by atoms with Crippen LogP contribution in [0, 0.1) is 12.7 Å². The number of furan rings is 1. The van der Waals surface area contributed by atoms with E-state index in [1.54, 1.807) is 30.7 Å². The maximum atomic E-state index is 13.9. The molecule has 3 heterocycles. The second-order valence-corrected chi connectivity index (χ2v) is 6.78. The third-order valence-electron chi connectivity index (χ3n) is 4.73. The minimum Gasteiger partial charge on any atom is -0.467 e. The fourth-order valence-corrected chi connectivity index (χ4v) is 3.33. The van der Waals surface area contributed by atoms with Gasteiger partial charge in [-0.1, -0.05) is 12.1 Å². The molecule has 0 spiro atoms. The standard InChI is InChI=1S/C22H20FN3O2/c1-15-7-8-26-20(14-24-21(26)10-15)19(16-4-2-5-17(23)11-16)12-22(27)25-13-18-6-3-9-28-18/h2-11,14,19H,12-13H2,1H3,(H,25,27). The van der Waals surface area contributed by atoms with E-state index in [4.69, 9.17) is 4.42 Å². The Morgan fingerprint density at radius 2 is 2.14 bits per heavy atom. The van der Waals surface area contributed by atoms with Crippen LogP contribution in [-0.4, -0.2) is 15.3 Å². The molecule has 0 bridgehead atoms. The first-order valence-corrected chi connectivity index (χ1v) is 9.08. The van der Waals surface area contributed by atoms with Crippen molar-refractivity contribution < 1.29 is 13.6 Å². The fourth-order valence-electron chi connectivity index (χ4n) is 3.33. The van der Waals surface area contributed by atoms with E-state index in [1.165, 1.54) is 12.1 Å². The Morgan fingerprint density at radius 1 is 1.25 bits per heavy atom. The number of rotatable bonds is 6. The van der Waals surface area contributed by atoms with Crippen LogP contribution in [0.1, 0.15) is 34.9 Å². The number of hydrogen-bond acceptors (Lipinski definition) is 3. The molecule has 4 aromatic rings. The zero-order valence-electron chi connectivity index (χ0n) is 15.4. The third-order valence-corrected chi connectivity index (χ3v) is 4.73. The quantitative estimate of drug-likeness (QED) is 0.547. The van der Waals surface area contributed by atoms with E-state index >= 15 is 0 Å². The normalized spacial score (nSPS) is 12.2. The number of benzene rings is 1. The van der Waals surface area contributed by atoms with Gasteiger partial charge in [-0.05, 0) is 54.4 Å². The van der Waals surface area contributed by atoms with Crippen LogP contribution in [0.2, 0.25) is 0 Å². The number of pyridine rings is 1. The van der Waals surface area contributed by atoms with Gasteiger partial charge < -0.3 is 14.1 Å². The first-order valence-electron chi connectivity index (χ1n) is 9.08. The largest absolute Gasteiger partial charge is 0.467 e. The highest BCUT2D eigenvalue weighted by molar-refractivity contribution is 5.77. The van der Waals surface area contributed by atoms with Gasteiger partial charge in [0.05, 0.1) is 18.5 Å². The molecule has 3 aromatic heterocycles. The first kappa shape index (κ1) is 18.0. The van der Waals surface area contributed by atoms with Crippen molar-refractivity contribution >= 4 is 11.6 Å². The maximum Gasteiger partial charge on any atom is 0.221 e. The lowest BCUT2D eigenvalue weighted by Gasteiger charge is -2.17. The molecule has 1 amide bonds. The van der Waals surface area contributed by atoms with E-state index in [1.807, 2.05) is 35.7 Å². The Labute approximate surface area is 161 Å². The molecule has 1 atom stereocenters. The molecular formula is C22H20FN3O2. The van der Waals surface area contributed by atoms with Crippen molar-refractivity contribution in [3.8, 4) is 0 Å². The number of aryl methyl sites for hydroxylation is 1. The van der Waals surface area contributed by atoms with E-state index in [0.29, 0.717) is 12.3 Å². The summed E-state index contributed by atoms with van der Waals surface area (Å²) < 4.78 is 21.1. The SMILES string of the molecule is Cc1ccn2c(C(CC(=O)NCc3ccco3)c3cccc(F)c3)cnc2c1. The summed E-state index contributed by atoms with van der Waals surface area (Å²) >= 11 is 0. The highest BCUT2D eigenvalue weighted by Gasteiger charge is 2.22. The summed E-state index contributed by atoms with van der Waals surface area (Å²) in [4.78, 5) is 17.1. The predicted molar refractivity (Wildman–Crippen MR) is 103 cm³/mol. The van der Waals surface area contributed by atoms with E-state index < -0.39 is 0 Å². The maximum absolute atomic E-state index is 13.9. The van der Waals surface area contributed by atoms with Crippen molar-refractivity contribution in [3.05, 3.63) is 95.6 Å². The molecule has 0 radical (unpaired) electrons. The summed E-state index contributed by atoms with van der Waals surface area (Å²) in [7, 11) is 0. The van der Waals surface area contributed by atoms with Crippen LogP contribution < -0.4 is 5.32 Å². The number of nitrogens with one attached hydrogen (secondary N) is 1. The average molecular weight is 377 g/mol. The number of aromatic nitrogens is 2. The summed E-state index contributed by atoms with van der Waals surface area (Å²) in [6, 6.07) is 13.9. The predicted octanol–water partition coefficient (Wildman–Crippen LogP) is 4.21. The van der Waals surface area contributed by atoms with Crippen molar-refractivity contribution in [2.75, 3.05) is 0 Å². The Balaban J connectivity index is 1.64. The molecule has 1 N–H and O–H groups in total. The molecule has 0 saturated heterocycles. The van der Waals surface area contributed by atoms with Gasteiger partial charge in [-0.15, -0.1) is 0 Å². The molecular weight excluding hydrogens is 357 g/mol. The molecule has 0 aliphatic carbocycles. The monoisotopic (exact) mass is 377 g/mol. The average Bonchev–Trinajstić information content (AvgIpc) is 3.34. The number of hydrogen-bond donors (Lipinski definition) is 1. The zero-order chi connectivity index (χ0) is 19.5. The number of imidazole rings is 1. The van der Waals surface area contributed by atoms with Gasteiger partial charge in [0.2, 0.25) is 5.91 Å². The molecule has 1 aromatic carbocycles. The minimum absolute atomic E-state index is 0.146. The Hall–Kier alpha value is -3.41. The summed E-state index contributed by atoms with van der Waals surface area (Å²) in [6.07, 6.45) is 5.42. The highest BCUT2D eigenvalue weighted by Crippen LogP contribution is 2.29. The van der Waals surface area contributed by atoms with Crippen LogP contribution in [-0.2, 0) is 11.3 Å². The van der Waals surface area contributed by atoms with Gasteiger partial charge in [0.15, 0.2) is 0 Å². The molecule has 4 rings (SSSR count). The van der Waals surface area contributed by atoms with Crippen LogP contribution in [0.25, 0.3) is 5.65 Å². The van der Waals surface area contributed by atoms with E-state index in [-0.39, 0.29) is 24.1 Å². The molecule has 0 aliphatic rings. The van der Waals surface area contributed by atoms with Gasteiger partial charge in [-0.3, -0.25) is 4.79 Å². The summed E-state index contributed by atoms with van der Waals surface area (Å²) in [5.41, 5.74) is 3.47. The number of fused-ring (bicyclic) bond motifs is 1. The van der Waals surface area contributed by atoms with Crippen molar-refractivity contribution in [2.45, 2.75) is 25.8 Å². The van der Waals surface area contributed by atoms with Gasteiger partial charge in [0, 0.05) is 24.7 Å². The molecule has 1 unspecified atom stereocenters. The van der Waals surface area contributed by atoms with E-state index in [0.717, 1.165) is 22.5 Å². The molecule has 6 heteroatoms. The minimum atomic E-state index is -0.330. The lowest BCUT2D eigenvalue weighted by molar-refractivity contribution is -0.121. The van der Waals surface area contributed by atoms with Crippen LogP contribution in [0.3, 0.4) is 0 Å². The number of carbonyl (C=O) groups is 1. The lowest BCUT2D eigenvalue weighted by atomic mass is 9.92. The summed E-state index contributed by atoms with van der Waals surface area (Å²) in [5.74, 6) is -0.123. The molecule has 142 valence electrons. The van der Waals surface area contributed by atoms with E-state index in [2.05, 4.69) is 10.3 Å². The molecule has 5 nitrogen and oxygen atoms in total. The van der Waals surface area contributed by atoms with Crippen molar-refractivity contribution in [3.63, 3.8) is 0 Å². The highest BCUT2D eigenvalue weighted by atomic mass is 19.1. The molecule has 0 aliphatic heterocycles. The number of halogens is 1. The van der Waals surface area contributed by atoms with Crippen LogP contribution >= 0.6 is 0 Å². The summed E-state index contributed by atoms with van der Waals surface area (Å²) in [5, 5.41) is 2.86. The van der Waals surface area contributed by atoms with Gasteiger partial charge in [-0.25, -0.2) is 9.37 Å². The lowest BCUT2D eigenvalue weighted by Crippen LogP contribution is -2.25. The van der Waals surface area contributed by atoms with Gasteiger partial charge in [0.25, 0.3) is 0 Å². The van der Waals surface area contributed by atoms with Gasteiger partial charge in [-0.2, -0.15) is 0 Å². The number of amides is 1. The van der Waals surface area contributed by atoms with E-state index in [9.17, 15) is 9.18 Å². The van der Waals surface area contributed by atoms with Crippen LogP contribution in [0.15, 0.2) is 71.6 Å². The van der Waals surface area contributed by atoms with Gasteiger partial charge in [0.1, 0.15) is 17.2 Å². The molecule has 0 fully saturated rings. The Kier molecular flexibility index (Phi) is 4.93. The van der Waals surface area contributed by atoms with Crippen LogP contribution in [0.4, 0.5) is 4.39 Å². The summed E-state index contributed by atoms with van der Waals surface area (Å²) in [6.45, 7) is 2.31. The smallest absolute Gasteiger partial charge is 0.221 e. The number of carbonyl (C=O) groups excluding carboxylic acids is 1. The Morgan fingerprint density at radius 3 is 2.93 bits per heavy atom. The fraction of sp³-hybridized carbons (Fsp3) is 0.182. The second-order valence-electron chi connectivity index (χ2n) is 6.78. The first-order chi connectivity index (χ1) is 13.6. The third kappa shape index (κ3) is 3.81. The van der Waals surface area contributed by atoms with Crippen molar-refractivity contribution in [1.29, 1.82) is 0 Å². The second kappa shape index (κ2) is 7.68. The van der Waals surface area contributed by atoms with Crippen molar-refractivity contribution in [2.24, 2.45) is 0 Å². The Bertz CT molecular complexity index is 1100. The number of nitrogens with zero attached hydrogens (tertiary/aromatic N) is 2. The van der Waals surface area contributed by atoms with Crippen LogP contribution in [0.5, 0.6) is 0 Å². The molecule has 28 heavy (non-hydrogen) atoms. The molecule has 0 saturated carbocycles. The van der Waals surface area contributed by atoms with Crippen molar-refractivity contribution in [1.82, 2.24) is 14.7 Å². The zero-order valence-corrected chi connectivity index (χ0v) is 15.4.